The maximum absolute atomic E-state index is 14.1. The first-order valence-electron chi connectivity index (χ1n) is 18.6. The second-order valence-corrected chi connectivity index (χ2v) is 14.2. The zero-order valence-corrected chi connectivity index (χ0v) is 31.1. The molecular formula is C35H62N8O8. The van der Waals surface area contributed by atoms with E-state index >= 15 is 0 Å². The third-order valence-electron chi connectivity index (χ3n) is 9.68. The lowest BCUT2D eigenvalue weighted by Gasteiger charge is -2.36. The van der Waals surface area contributed by atoms with Crippen LogP contribution < -0.4 is 38.1 Å². The fraction of sp³-hybridized carbons (Fsp3) is 0.800. The van der Waals surface area contributed by atoms with Crippen LogP contribution in [0.3, 0.4) is 0 Å². The molecule has 1 heterocycles. The molecule has 1 saturated carbocycles. The largest absolute Gasteiger partial charge is 0.460 e. The number of hydrogen-bond donors (Lipinski definition) is 7. The van der Waals surface area contributed by atoms with Crippen molar-refractivity contribution in [3.63, 3.8) is 0 Å². The number of nitrogens with two attached hydrogens (primary N) is 2. The van der Waals surface area contributed by atoms with E-state index in [1.54, 1.807) is 6.92 Å². The normalized spacial score (nSPS) is 26.9. The average molecular weight is 723 g/mol. The van der Waals surface area contributed by atoms with Crippen molar-refractivity contribution in [2.45, 2.75) is 129 Å². The van der Waals surface area contributed by atoms with Gasteiger partial charge in [-0.2, -0.15) is 0 Å². The number of esters is 1. The van der Waals surface area contributed by atoms with E-state index < -0.39 is 84.1 Å². The first kappa shape index (κ1) is 43.4. The number of ether oxygens (including phenoxy) is 1. The number of likely N-dealkylation sites (N-methyl/N-ethyl adjacent to an activating group) is 1. The van der Waals surface area contributed by atoms with Gasteiger partial charge in [0.1, 0.15) is 36.8 Å². The van der Waals surface area contributed by atoms with Gasteiger partial charge in [-0.25, -0.2) is 0 Å². The van der Waals surface area contributed by atoms with E-state index in [-0.39, 0.29) is 31.5 Å². The van der Waals surface area contributed by atoms with E-state index in [4.69, 9.17) is 16.2 Å². The van der Waals surface area contributed by atoms with Gasteiger partial charge in [0.15, 0.2) is 0 Å². The Morgan fingerprint density at radius 2 is 1.57 bits per heavy atom. The lowest BCUT2D eigenvalue weighted by atomic mass is 9.83. The number of unbranched alkanes of at least 4 members (excludes halogenated alkanes) is 3. The summed E-state index contributed by atoms with van der Waals surface area (Å²) in [6, 6.07) is -4.64. The number of carbonyl (C=O) groups is 7. The number of hydrogen-bond acceptors (Lipinski definition) is 10. The zero-order chi connectivity index (χ0) is 38.1. The third kappa shape index (κ3) is 14.0. The quantitative estimate of drug-likeness (QED) is 0.101. The Labute approximate surface area is 302 Å². The number of cyclic esters (lactones) is 1. The van der Waals surface area contributed by atoms with Crippen LogP contribution in [0, 0.1) is 17.8 Å². The smallest absolute Gasteiger partial charge is 0.325 e. The minimum atomic E-state index is -1.38. The molecule has 2 fully saturated rings. The highest BCUT2D eigenvalue weighted by Gasteiger charge is 2.39. The minimum Gasteiger partial charge on any atom is -0.460 e. The van der Waals surface area contributed by atoms with Crippen molar-refractivity contribution in [3.05, 3.63) is 0 Å². The van der Waals surface area contributed by atoms with Crippen molar-refractivity contribution in [3.8, 4) is 0 Å². The van der Waals surface area contributed by atoms with Crippen LogP contribution in [0.5, 0.6) is 0 Å². The predicted octanol–water partition coefficient (Wildman–Crippen LogP) is -0.424. The molecule has 51 heavy (non-hydrogen) atoms. The van der Waals surface area contributed by atoms with Crippen LogP contribution in [-0.2, 0) is 38.3 Å². The van der Waals surface area contributed by atoms with Crippen LogP contribution in [0.1, 0.15) is 98.3 Å². The molecule has 2 aliphatic rings. The van der Waals surface area contributed by atoms with Crippen molar-refractivity contribution >= 4 is 41.4 Å². The van der Waals surface area contributed by atoms with Gasteiger partial charge in [-0.15, -0.1) is 0 Å². The lowest BCUT2D eigenvalue weighted by Crippen LogP contribution is -2.62. The Balaban J connectivity index is 2.57. The zero-order valence-electron chi connectivity index (χ0n) is 31.1. The monoisotopic (exact) mass is 722 g/mol. The molecular weight excluding hydrogens is 660 g/mol. The van der Waals surface area contributed by atoms with Crippen molar-refractivity contribution in [1.29, 1.82) is 0 Å². The highest BCUT2D eigenvalue weighted by atomic mass is 16.5. The molecule has 6 atom stereocenters. The van der Waals surface area contributed by atoms with E-state index in [0.29, 0.717) is 32.1 Å². The van der Waals surface area contributed by atoms with Crippen LogP contribution in [0.4, 0.5) is 0 Å². The van der Waals surface area contributed by atoms with Crippen molar-refractivity contribution in [2.75, 3.05) is 33.2 Å². The number of amides is 6. The number of nitrogens with one attached hydrogen (secondary N) is 5. The Morgan fingerprint density at radius 3 is 2.18 bits per heavy atom. The van der Waals surface area contributed by atoms with E-state index in [1.165, 1.54) is 11.9 Å². The summed E-state index contributed by atoms with van der Waals surface area (Å²) in [5, 5.41) is 13.0. The third-order valence-corrected chi connectivity index (χ3v) is 9.68. The number of nitrogens with zero attached hydrogens (tertiary/aromatic N) is 1. The molecule has 290 valence electrons. The van der Waals surface area contributed by atoms with Gasteiger partial charge in [-0.1, -0.05) is 66.2 Å². The molecule has 16 nitrogen and oxygen atoms in total. The van der Waals surface area contributed by atoms with Crippen molar-refractivity contribution in [2.24, 2.45) is 29.2 Å². The van der Waals surface area contributed by atoms with E-state index in [2.05, 4.69) is 33.5 Å². The average Bonchev–Trinajstić information content (AvgIpc) is 3.12. The molecule has 2 rings (SSSR count). The first-order valence-corrected chi connectivity index (χ1v) is 18.6. The van der Waals surface area contributed by atoms with Crippen LogP contribution in [0.2, 0.25) is 0 Å². The van der Waals surface area contributed by atoms with Crippen molar-refractivity contribution in [1.82, 2.24) is 31.5 Å². The van der Waals surface area contributed by atoms with Gasteiger partial charge in [0, 0.05) is 20.1 Å². The molecule has 0 unspecified atom stereocenters. The van der Waals surface area contributed by atoms with Gasteiger partial charge in [0.05, 0.1) is 12.5 Å². The fourth-order valence-electron chi connectivity index (χ4n) is 6.57. The molecule has 16 heteroatoms. The molecule has 9 N–H and O–H groups in total. The van der Waals surface area contributed by atoms with Crippen molar-refractivity contribution < 1.29 is 38.3 Å². The van der Waals surface area contributed by atoms with E-state index in [9.17, 15) is 33.6 Å². The van der Waals surface area contributed by atoms with Gasteiger partial charge < -0.3 is 47.7 Å². The number of rotatable bonds is 12. The molecule has 0 aromatic heterocycles. The summed E-state index contributed by atoms with van der Waals surface area (Å²) in [5.41, 5.74) is 11.3. The van der Waals surface area contributed by atoms with Gasteiger partial charge in [-0.3, -0.25) is 33.6 Å². The summed E-state index contributed by atoms with van der Waals surface area (Å²) >= 11 is 0. The van der Waals surface area contributed by atoms with Crippen LogP contribution >= 0.6 is 0 Å². The standard InChI is InChI=1S/C35H62N8O8/c1-6-7-8-12-15-27-22(4)35(50)43(5)26(16-21(2)3)33(48)42-30(23-13-10-9-11-14-23)34(49)40-24(17-36)32(47)41-25(19-38-28(44)18-37)31(46)39-20-29(45)51-27/h21-27,30H,6-20,36-37H2,1-5H3,(H,38,44)(H,39,46)(H,40,49)(H,41,47)(H,42,48)/t22-,24+,25+,26+,27-,30+/m1/s1. The topological polar surface area (TPSA) is 244 Å². The molecule has 0 bridgehead atoms. The molecule has 1 aliphatic carbocycles. The SMILES string of the molecule is CCCCCC[C@H]1OC(=O)CNC(=O)[C@H](CNC(=O)CN)NC(=O)[C@H](CN)NC(=O)[C@H](C2CCCCC2)NC(=O)[C@H](CC(C)C)N(C)C(=O)[C@@H]1C. The molecule has 1 saturated heterocycles. The second kappa shape index (κ2) is 22.2. The summed E-state index contributed by atoms with van der Waals surface area (Å²) in [7, 11) is 1.54. The first-order chi connectivity index (χ1) is 24.2. The Morgan fingerprint density at radius 1 is 0.902 bits per heavy atom. The number of carbonyl (C=O) groups excluding carboxylic acids is 7. The summed E-state index contributed by atoms with van der Waals surface area (Å²) in [5.74, 6) is -5.61. The molecule has 0 aromatic rings. The maximum atomic E-state index is 14.1. The lowest BCUT2D eigenvalue weighted by molar-refractivity contribution is -0.157. The van der Waals surface area contributed by atoms with E-state index in [1.807, 2.05) is 13.8 Å². The van der Waals surface area contributed by atoms with E-state index in [0.717, 1.165) is 38.5 Å². The summed E-state index contributed by atoms with van der Waals surface area (Å²) in [6.07, 6.45) is 7.39. The van der Waals surface area contributed by atoms with Gasteiger partial charge in [0.2, 0.25) is 35.4 Å². The summed E-state index contributed by atoms with van der Waals surface area (Å²) in [6.45, 7) is 5.91. The molecule has 0 aromatic carbocycles. The van der Waals surface area contributed by atoms with Gasteiger partial charge >= 0.3 is 5.97 Å². The molecule has 0 spiro atoms. The van der Waals surface area contributed by atoms with Gasteiger partial charge in [-0.05, 0) is 43.9 Å². The Kier molecular flexibility index (Phi) is 18.9. The van der Waals surface area contributed by atoms with Crippen LogP contribution in [0.15, 0.2) is 0 Å². The molecule has 1 aliphatic heterocycles. The fourth-order valence-corrected chi connectivity index (χ4v) is 6.57. The highest BCUT2D eigenvalue weighted by molar-refractivity contribution is 5.96. The summed E-state index contributed by atoms with van der Waals surface area (Å²) in [4.78, 5) is 95.2. The molecule has 6 amide bonds. The summed E-state index contributed by atoms with van der Waals surface area (Å²) < 4.78 is 5.79. The maximum Gasteiger partial charge on any atom is 0.325 e. The Hall–Kier alpha value is -3.79. The predicted molar refractivity (Wildman–Crippen MR) is 190 cm³/mol. The molecule has 0 radical (unpaired) electrons. The van der Waals surface area contributed by atoms with Gasteiger partial charge in [0.25, 0.3) is 0 Å². The van der Waals surface area contributed by atoms with Crippen LogP contribution in [0.25, 0.3) is 0 Å². The highest BCUT2D eigenvalue weighted by Crippen LogP contribution is 2.28. The van der Waals surface area contributed by atoms with Crippen LogP contribution in [-0.4, -0.2) is 110 Å². The second-order valence-electron chi connectivity index (χ2n) is 14.2. The minimum absolute atomic E-state index is 0.00838. The Bertz CT molecular complexity index is 1190.